The molecule has 1 aliphatic carbocycles. The van der Waals surface area contributed by atoms with Crippen LogP contribution in [0.4, 0.5) is 14.5 Å². The molecule has 1 aliphatic heterocycles. The maximum Gasteiger partial charge on any atom is 0.357 e. The zero-order valence-electron chi connectivity index (χ0n) is 20.4. The van der Waals surface area contributed by atoms with Crippen LogP contribution in [0.25, 0.3) is 6.08 Å². The smallest absolute Gasteiger partial charge is 0.357 e. The summed E-state index contributed by atoms with van der Waals surface area (Å²) in [5.41, 5.74) is 5.48. The lowest BCUT2D eigenvalue weighted by atomic mass is 9.77. The molecule has 3 aromatic rings. The summed E-state index contributed by atoms with van der Waals surface area (Å²) in [5.74, 6) is -2.84. The topological polar surface area (TPSA) is 151 Å². The lowest BCUT2D eigenvalue weighted by Gasteiger charge is -2.29. The van der Waals surface area contributed by atoms with Gasteiger partial charge in [0.25, 0.3) is 11.5 Å². The first kappa shape index (κ1) is 25.8. The highest BCUT2D eigenvalue weighted by Gasteiger charge is 2.44. The van der Waals surface area contributed by atoms with Crippen molar-refractivity contribution in [1.29, 1.82) is 0 Å². The highest BCUT2D eigenvalue weighted by Crippen LogP contribution is 2.44. The van der Waals surface area contributed by atoms with Crippen LogP contribution in [0, 0.1) is 17.6 Å². The standard InChI is InChI=1S/C27H23F2N5O5/c28-17-8-4-14(5-9-17)12-16-2-1-3-19-22(16)33-34(24(19)15-6-10-18(29)11-7-15)20(35)13-39-26(37)23-21(30)25(36)32-27(38)31-23/h4-12,19,24H,1-3,13,30H2,(H2,31,32,36,38). The van der Waals surface area contributed by atoms with E-state index in [-0.39, 0.29) is 11.7 Å². The largest absolute Gasteiger partial charge is 0.451 e. The van der Waals surface area contributed by atoms with Crippen LogP contribution in [0.3, 0.4) is 0 Å². The molecule has 0 radical (unpaired) electrons. The lowest BCUT2D eigenvalue weighted by molar-refractivity contribution is -0.137. The number of aromatic nitrogens is 2. The fraction of sp³-hybridized carbons (Fsp3) is 0.222. The summed E-state index contributed by atoms with van der Waals surface area (Å²) in [7, 11) is 0. The number of H-pyrrole nitrogens is 2. The number of nitrogens with two attached hydrogens (primary N) is 1. The monoisotopic (exact) mass is 535 g/mol. The molecule has 2 unspecified atom stereocenters. The van der Waals surface area contributed by atoms with Gasteiger partial charge in [0.05, 0.1) is 11.8 Å². The number of halogens is 2. The van der Waals surface area contributed by atoms with Crippen molar-refractivity contribution in [1.82, 2.24) is 15.0 Å². The Hall–Kier alpha value is -4.87. The second-order valence-electron chi connectivity index (χ2n) is 9.21. The molecule has 0 saturated heterocycles. The maximum absolute atomic E-state index is 13.7. The van der Waals surface area contributed by atoms with Gasteiger partial charge < -0.3 is 10.5 Å². The summed E-state index contributed by atoms with van der Waals surface area (Å²) >= 11 is 0. The molecule has 5 rings (SSSR count). The van der Waals surface area contributed by atoms with Gasteiger partial charge in [0.15, 0.2) is 12.3 Å². The van der Waals surface area contributed by atoms with E-state index in [0.29, 0.717) is 24.1 Å². The Bertz CT molecular complexity index is 1610. The fourth-order valence-corrected chi connectivity index (χ4v) is 4.88. The van der Waals surface area contributed by atoms with Gasteiger partial charge in [-0.1, -0.05) is 24.3 Å². The van der Waals surface area contributed by atoms with Crippen LogP contribution < -0.4 is 17.0 Å². The number of aromatic amines is 2. The number of nitrogens with zero attached hydrogens (tertiary/aromatic N) is 2. The predicted molar refractivity (Wildman–Crippen MR) is 138 cm³/mol. The number of allylic oxidation sites excluding steroid dienone is 1. The van der Waals surface area contributed by atoms with Gasteiger partial charge in [-0.15, -0.1) is 0 Å². The Morgan fingerprint density at radius 2 is 1.72 bits per heavy atom. The first-order chi connectivity index (χ1) is 18.7. The molecule has 0 spiro atoms. The normalized spacial score (nSPS) is 19.5. The third-order valence-corrected chi connectivity index (χ3v) is 6.69. The predicted octanol–water partition coefficient (Wildman–Crippen LogP) is 2.90. The van der Waals surface area contributed by atoms with Crippen molar-refractivity contribution in [3.05, 3.63) is 103 Å². The van der Waals surface area contributed by atoms with E-state index < -0.39 is 53.0 Å². The number of amides is 1. The van der Waals surface area contributed by atoms with Crippen molar-refractivity contribution in [2.45, 2.75) is 25.3 Å². The highest BCUT2D eigenvalue weighted by molar-refractivity contribution is 6.08. The van der Waals surface area contributed by atoms with Gasteiger partial charge in [0.2, 0.25) is 0 Å². The Kier molecular flexibility index (Phi) is 6.92. The molecule has 2 heterocycles. The Balaban J connectivity index is 1.45. The minimum Gasteiger partial charge on any atom is -0.451 e. The molecule has 2 aromatic carbocycles. The summed E-state index contributed by atoms with van der Waals surface area (Å²) in [4.78, 5) is 53.1. The van der Waals surface area contributed by atoms with Crippen molar-refractivity contribution in [3.8, 4) is 0 Å². The average molecular weight is 536 g/mol. The van der Waals surface area contributed by atoms with Crippen LogP contribution >= 0.6 is 0 Å². The molecular formula is C27H23F2N5O5. The number of ether oxygens (including phenoxy) is 1. The van der Waals surface area contributed by atoms with Crippen LogP contribution in [0.1, 0.15) is 46.9 Å². The summed E-state index contributed by atoms with van der Waals surface area (Å²) in [5, 5.41) is 5.83. The van der Waals surface area contributed by atoms with Crippen LogP contribution in [-0.2, 0) is 9.53 Å². The Morgan fingerprint density at radius 1 is 1.05 bits per heavy atom. The van der Waals surface area contributed by atoms with Gasteiger partial charge in [-0.05, 0) is 66.3 Å². The van der Waals surface area contributed by atoms with Crippen LogP contribution in [0.2, 0.25) is 0 Å². The molecule has 200 valence electrons. The summed E-state index contributed by atoms with van der Waals surface area (Å²) < 4.78 is 32.2. The number of benzene rings is 2. The second kappa shape index (κ2) is 10.5. The lowest BCUT2D eigenvalue weighted by Crippen LogP contribution is -2.35. The molecule has 1 aromatic heterocycles. The molecule has 1 fully saturated rings. The molecule has 1 amide bonds. The molecule has 2 atom stereocenters. The van der Waals surface area contributed by atoms with Crippen molar-refractivity contribution in [3.63, 3.8) is 0 Å². The van der Waals surface area contributed by atoms with Gasteiger partial charge in [-0.2, -0.15) is 5.10 Å². The van der Waals surface area contributed by atoms with Crippen molar-refractivity contribution < 1.29 is 23.1 Å². The van der Waals surface area contributed by atoms with E-state index >= 15 is 0 Å². The zero-order chi connectivity index (χ0) is 27.7. The molecule has 2 aliphatic rings. The molecule has 12 heteroatoms. The first-order valence-electron chi connectivity index (χ1n) is 12.1. The Morgan fingerprint density at radius 3 is 2.41 bits per heavy atom. The maximum atomic E-state index is 13.7. The van der Waals surface area contributed by atoms with Crippen molar-refractivity contribution >= 4 is 29.4 Å². The van der Waals surface area contributed by atoms with E-state index in [9.17, 15) is 28.0 Å². The van der Waals surface area contributed by atoms with Crippen LogP contribution in [0.5, 0.6) is 0 Å². The van der Waals surface area contributed by atoms with Gasteiger partial charge in [-0.25, -0.2) is 23.4 Å². The number of hydrogen-bond acceptors (Lipinski definition) is 7. The van der Waals surface area contributed by atoms with Gasteiger partial charge >= 0.3 is 11.7 Å². The molecule has 39 heavy (non-hydrogen) atoms. The molecule has 10 nitrogen and oxygen atoms in total. The number of nitrogens with one attached hydrogen (secondary N) is 2. The molecule has 0 bridgehead atoms. The van der Waals surface area contributed by atoms with E-state index in [4.69, 9.17) is 10.5 Å². The molecular weight excluding hydrogens is 512 g/mol. The third-order valence-electron chi connectivity index (χ3n) is 6.69. The molecule has 1 saturated carbocycles. The number of anilines is 1. The number of carbonyl (C=O) groups excluding carboxylic acids is 2. The van der Waals surface area contributed by atoms with E-state index in [1.54, 1.807) is 24.3 Å². The van der Waals surface area contributed by atoms with Crippen LogP contribution in [-0.4, -0.2) is 39.2 Å². The Labute approximate surface area is 219 Å². The highest BCUT2D eigenvalue weighted by atomic mass is 19.1. The number of nitrogen functional groups attached to an aromatic ring is 1. The third kappa shape index (κ3) is 5.26. The summed E-state index contributed by atoms with van der Waals surface area (Å²) in [6, 6.07) is 11.1. The van der Waals surface area contributed by atoms with Crippen LogP contribution in [0.15, 0.2) is 68.8 Å². The second-order valence-corrected chi connectivity index (χ2v) is 9.21. The number of esters is 1. The van der Waals surface area contributed by atoms with Crippen molar-refractivity contribution in [2.75, 3.05) is 12.3 Å². The van der Waals surface area contributed by atoms with Gasteiger partial charge in [0, 0.05) is 5.92 Å². The number of rotatable bonds is 5. The number of carbonyl (C=O) groups is 2. The number of hydrazone groups is 1. The first-order valence-corrected chi connectivity index (χ1v) is 12.1. The number of fused-ring (bicyclic) bond motifs is 1. The summed E-state index contributed by atoms with van der Waals surface area (Å²) in [6.45, 7) is -0.759. The zero-order valence-corrected chi connectivity index (χ0v) is 20.4. The van der Waals surface area contributed by atoms with Gasteiger partial charge in [-0.3, -0.25) is 19.6 Å². The minimum absolute atomic E-state index is 0.213. The number of hydrogen-bond donors (Lipinski definition) is 3. The SMILES string of the molecule is Nc1c(C(=O)OCC(=O)N2N=C3C(=Cc4ccc(F)cc4)CCCC3C2c2ccc(F)cc2)[nH]c(=O)[nH]c1=O. The van der Waals surface area contributed by atoms with E-state index in [2.05, 4.69) is 10.1 Å². The van der Waals surface area contributed by atoms with Crippen molar-refractivity contribution in [2.24, 2.45) is 11.0 Å². The van der Waals surface area contributed by atoms with E-state index in [1.165, 1.54) is 29.3 Å². The average Bonchev–Trinajstić information content (AvgIpc) is 3.31. The fourth-order valence-electron chi connectivity index (χ4n) is 4.88. The minimum atomic E-state index is -1.16. The van der Waals surface area contributed by atoms with E-state index in [0.717, 1.165) is 17.6 Å². The van der Waals surface area contributed by atoms with Gasteiger partial charge in [0.1, 0.15) is 17.3 Å². The molecule has 4 N–H and O–H groups in total. The summed E-state index contributed by atoms with van der Waals surface area (Å²) in [6.07, 6.45) is 4.09. The quantitative estimate of drug-likeness (QED) is 0.428. The van der Waals surface area contributed by atoms with E-state index in [1.807, 2.05) is 11.1 Å².